The summed E-state index contributed by atoms with van der Waals surface area (Å²) in [5, 5.41) is 0. The van der Waals surface area contributed by atoms with Crippen LogP contribution in [-0.2, 0) is 0 Å². The van der Waals surface area contributed by atoms with Crippen LogP contribution in [0.15, 0.2) is 0 Å². The molecule has 1 unspecified atom stereocenters. The fraction of sp³-hybridized carbons (Fsp3) is 1.00. The van der Waals surface area contributed by atoms with Gasteiger partial charge in [-0.3, -0.25) is 4.90 Å². The Hall–Kier alpha value is -0.0800. The second kappa shape index (κ2) is 4.83. The van der Waals surface area contributed by atoms with Gasteiger partial charge >= 0.3 is 0 Å². The van der Waals surface area contributed by atoms with Gasteiger partial charge in [-0.25, -0.2) is 0 Å². The Morgan fingerprint density at radius 3 is 2.17 bits per heavy atom. The van der Waals surface area contributed by atoms with E-state index in [4.69, 9.17) is 0 Å². The lowest BCUT2D eigenvalue weighted by Crippen LogP contribution is -2.34. The van der Waals surface area contributed by atoms with Crippen LogP contribution in [0.5, 0.6) is 0 Å². The zero-order chi connectivity index (χ0) is 8.43. The van der Waals surface area contributed by atoms with Crippen molar-refractivity contribution in [3.05, 3.63) is 0 Å². The van der Waals surface area contributed by atoms with Crippen LogP contribution >= 0.6 is 0 Å². The van der Waals surface area contributed by atoms with Gasteiger partial charge in [-0.05, 0) is 34.4 Å². The molecule has 0 aromatic heterocycles. The summed E-state index contributed by atoms with van der Waals surface area (Å²) in [4.78, 5) is 4.88. The zero-order valence-corrected chi connectivity index (χ0v) is 8.17. The molecule has 12 heavy (non-hydrogen) atoms. The van der Waals surface area contributed by atoms with Gasteiger partial charge < -0.3 is 4.90 Å². The molecule has 1 rings (SSSR count). The molecule has 0 bridgehead atoms. The molecule has 1 fully saturated rings. The molecule has 0 aliphatic carbocycles. The summed E-state index contributed by atoms with van der Waals surface area (Å²) in [7, 11) is 4.35. The highest BCUT2D eigenvalue weighted by molar-refractivity contribution is 4.82. The summed E-state index contributed by atoms with van der Waals surface area (Å²) < 4.78 is 0. The second-order valence-corrected chi connectivity index (χ2v) is 3.99. The van der Waals surface area contributed by atoms with Gasteiger partial charge in [0.1, 0.15) is 0 Å². The van der Waals surface area contributed by atoms with Crippen LogP contribution in [0.2, 0.25) is 0 Å². The first-order valence-corrected chi connectivity index (χ1v) is 4.51. The van der Waals surface area contributed by atoms with E-state index < -0.39 is 0 Å². The summed E-state index contributed by atoms with van der Waals surface area (Å²) >= 11 is 0. The van der Waals surface area contributed by atoms with Crippen LogP contribution < -0.4 is 0 Å². The van der Waals surface area contributed by atoms with E-state index in [0.717, 1.165) is 12.1 Å². The minimum Gasteiger partial charge on any atom is -0.305 e. The quantitative estimate of drug-likeness (QED) is 0.625. The Kier molecular flexibility index (Phi) is 4.80. The largest absolute Gasteiger partial charge is 0.305 e. The van der Waals surface area contributed by atoms with E-state index in [2.05, 4.69) is 37.7 Å². The Bertz CT molecular complexity index is 107. The average molecular weight is 172 g/mol. The highest BCUT2D eigenvalue weighted by atomic mass is 15.2. The second-order valence-electron chi connectivity index (χ2n) is 3.99. The van der Waals surface area contributed by atoms with E-state index in [-0.39, 0.29) is 7.43 Å². The standard InChI is InChI=1S/C9H20N2.CH4/c1-8(2)11-6-5-9(7-11)10(3)4;/h8-9H,5-7H2,1-4H3;1H4. The maximum absolute atomic E-state index is 2.55. The minimum atomic E-state index is 0. The molecule has 1 aliphatic rings. The Morgan fingerprint density at radius 1 is 1.33 bits per heavy atom. The molecule has 0 saturated carbocycles. The molecule has 1 saturated heterocycles. The highest BCUT2D eigenvalue weighted by Gasteiger charge is 2.24. The topological polar surface area (TPSA) is 6.48 Å². The smallest absolute Gasteiger partial charge is 0.0229 e. The van der Waals surface area contributed by atoms with Crippen LogP contribution in [0, 0.1) is 0 Å². The van der Waals surface area contributed by atoms with Crippen molar-refractivity contribution >= 4 is 0 Å². The van der Waals surface area contributed by atoms with E-state index in [0.29, 0.717) is 0 Å². The van der Waals surface area contributed by atoms with Gasteiger partial charge in [0, 0.05) is 25.2 Å². The average Bonchev–Trinajstić information content (AvgIpc) is 2.33. The Balaban J connectivity index is 0.00000121. The highest BCUT2D eigenvalue weighted by Crippen LogP contribution is 2.15. The molecule has 74 valence electrons. The van der Waals surface area contributed by atoms with Crippen molar-refractivity contribution in [2.24, 2.45) is 0 Å². The maximum Gasteiger partial charge on any atom is 0.0229 e. The summed E-state index contributed by atoms with van der Waals surface area (Å²) in [6.07, 6.45) is 1.34. The van der Waals surface area contributed by atoms with Gasteiger partial charge in [0.25, 0.3) is 0 Å². The first-order chi connectivity index (χ1) is 5.11. The summed E-state index contributed by atoms with van der Waals surface area (Å²) in [5.74, 6) is 0. The van der Waals surface area contributed by atoms with Crippen LogP contribution in [0.4, 0.5) is 0 Å². The molecule has 0 spiro atoms. The molecule has 0 aromatic carbocycles. The van der Waals surface area contributed by atoms with Crippen molar-refractivity contribution in [1.82, 2.24) is 9.80 Å². The van der Waals surface area contributed by atoms with Gasteiger partial charge in [-0.1, -0.05) is 7.43 Å². The predicted octanol–water partition coefficient (Wildman–Crippen LogP) is 1.67. The molecule has 1 aliphatic heterocycles. The van der Waals surface area contributed by atoms with Gasteiger partial charge in [-0.15, -0.1) is 0 Å². The van der Waals surface area contributed by atoms with E-state index in [1.165, 1.54) is 19.5 Å². The van der Waals surface area contributed by atoms with Crippen molar-refractivity contribution in [1.29, 1.82) is 0 Å². The van der Waals surface area contributed by atoms with Gasteiger partial charge in [0.05, 0.1) is 0 Å². The molecule has 2 nitrogen and oxygen atoms in total. The van der Waals surface area contributed by atoms with Crippen LogP contribution in [0.3, 0.4) is 0 Å². The van der Waals surface area contributed by atoms with Crippen molar-refractivity contribution < 1.29 is 0 Å². The van der Waals surface area contributed by atoms with Crippen molar-refractivity contribution in [3.63, 3.8) is 0 Å². The molecule has 1 atom stereocenters. The van der Waals surface area contributed by atoms with Gasteiger partial charge in [0.15, 0.2) is 0 Å². The lowest BCUT2D eigenvalue weighted by Gasteiger charge is -2.22. The molecular formula is C10H24N2. The monoisotopic (exact) mass is 172 g/mol. The fourth-order valence-corrected chi connectivity index (χ4v) is 1.66. The van der Waals surface area contributed by atoms with Crippen molar-refractivity contribution in [2.75, 3.05) is 27.2 Å². The minimum absolute atomic E-state index is 0. The van der Waals surface area contributed by atoms with Crippen LogP contribution in [0.25, 0.3) is 0 Å². The number of likely N-dealkylation sites (tertiary alicyclic amines) is 1. The number of likely N-dealkylation sites (N-methyl/N-ethyl adjacent to an activating group) is 1. The molecular weight excluding hydrogens is 148 g/mol. The van der Waals surface area contributed by atoms with E-state index in [1.54, 1.807) is 0 Å². The van der Waals surface area contributed by atoms with Crippen molar-refractivity contribution in [3.8, 4) is 0 Å². The first kappa shape index (κ1) is 11.9. The SMILES string of the molecule is C.CC(C)N1CCC(N(C)C)C1. The van der Waals surface area contributed by atoms with Gasteiger partial charge in [0.2, 0.25) is 0 Å². The third-order valence-corrected chi connectivity index (χ3v) is 2.66. The molecule has 2 heteroatoms. The molecule has 0 aromatic rings. The third kappa shape index (κ3) is 2.76. The molecule has 1 heterocycles. The predicted molar refractivity (Wildman–Crippen MR) is 55.5 cm³/mol. The number of nitrogens with zero attached hydrogens (tertiary/aromatic N) is 2. The molecule has 0 N–H and O–H groups in total. The molecule has 0 radical (unpaired) electrons. The molecule has 0 amide bonds. The maximum atomic E-state index is 2.55. The summed E-state index contributed by atoms with van der Waals surface area (Å²) in [6.45, 7) is 7.08. The van der Waals surface area contributed by atoms with E-state index >= 15 is 0 Å². The normalized spacial score (nSPS) is 25.0. The van der Waals surface area contributed by atoms with E-state index in [1.807, 2.05) is 0 Å². The Labute approximate surface area is 77.5 Å². The van der Waals surface area contributed by atoms with Crippen LogP contribution in [-0.4, -0.2) is 49.1 Å². The third-order valence-electron chi connectivity index (χ3n) is 2.66. The van der Waals surface area contributed by atoms with Gasteiger partial charge in [-0.2, -0.15) is 0 Å². The number of hydrogen-bond donors (Lipinski definition) is 0. The van der Waals surface area contributed by atoms with E-state index in [9.17, 15) is 0 Å². The summed E-state index contributed by atoms with van der Waals surface area (Å²) in [5.41, 5.74) is 0. The Morgan fingerprint density at radius 2 is 1.92 bits per heavy atom. The van der Waals surface area contributed by atoms with Crippen LogP contribution in [0.1, 0.15) is 27.7 Å². The summed E-state index contributed by atoms with van der Waals surface area (Å²) in [6, 6.07) is 1.51. The lowest BCUT2D eigenvalue weighted by molar-refractivity contribution is 0.237. The lowest BCUT2D eigenvalue weighted by atomic mass is 10.2. The fourth-order valence-electron chi connectivity index (χ4n) is 1.66. The zero-order valence-electron chi connectivity index (χ0n) is 8.17. The number of hydrogen-bond acceptors (Lipinski definition) is 2. The van der Waals surface area contributed by atoms with Crippen molar-refractivity contribution in [2.45, 2.75) is 39.8 Å². The number of rotatable bonds is 2. The first-order valence-electron chi connectivity index (χ1n) is 4.51.